The SMILES string of the molecule is CC1CCN(Cc2cc(=O)n3[nH]c(NCc4cccs4)nc3n2)CC1.Cl. The van der Waals surface area contributed by atoms with Crippen molar-refractivity contribution in [1.29, 1.82) is 0 Å². The molecule has 26 heavy (non-hydrogen) atoms. The van der Waals surface area contributed by atoms with Crippen LogP contribution in [0.1, 0.15) is 30.3 Å². The fraction of sp³-hybridized carbons (Fsp3) is 0.471. The summed E-state index contributed by atoms with van der Waals surface area (Å²) in [7, 11) is 0. The highest BCUT2D eigenvalue weighted by Gasteiger charge is 2.17. The smallest absolute Gasteiger partial charge is 0.274 e. The van der Waals surface area contributed by atoms with Gasteiger partial charge in [-0.3, -0.25) is 14.8 Å². The summed E-state index contributed by atoms with van der Waals surface area (Å²) in [6.07, 6.45) is 2.42. The van der Waals surface area contributed by atoms with Crippen molar-refractivity contribution >= 4 is 35.5 Å². The van der Waals surface area contributed by atoms with E-state index in [1.807, 2.05) is 11.4 Å². The molecule has 0 amide bonds. The van der Waals surface area contributed by atoms with Gasteiger partial charge in [-0.05, 0) is 43.3 Å². The molecule has 1 fully saturated rings. The Morgan fingerprint density at radius 3 is 2.88 bits per heavy atom. The molecule has 0 spiro atoms. The number of piperidine rings is 1. The summed E-state index contributed by atoms with van der Waals surface area (Å²) in [5, 5.41) is 8.21. The van der Waals surface area contributed by atoms with Crippen molar-refractivity contribution in [2.75, 3.05) is 18.4 Å². The average Bonchev–Trinajstić information content (AvgIpc) is 3.24. The van der Waals surface area contributed by atoms with Gasteiger partial charge in [0, 0.05) is 17.5 Å². The maximum atomic E-state index is 12.3. The van der Waals surface area contributed by atoms with Crippen LogP contribution in [0.5, 0.6) is 0 Å². The molecule has 3 aromatic heterocycles. The number of nitrogens with one attached hydrogen (secondary N) is 2. The standard InChI is InChI=1S/C17H22N6OS.ClH/c1-12-4-6-22(7-5-12)11-13-9-15(24)23-17(19-13)20-16(21-23)18-10-14-3-2-8-25-14;/h2-3,8-9,12H,4-7,10-11H2,1H3,(H2,18,19,20,21);1H. The van der Waals surface area contributed by atoms with Gasteiger partial charge in [-0.2, -0.15) is 9.50 Å². The zero-order chi connectivity index (χ0) is 17.2. The summed E-state index contributed by atoms with van der Waals surface area (Å²) in [5.74, 6) is 1.77. The van der Waals surface area contributed by atoms with Crippen LogP contribution in [0.25, 0.3) is 5.78 Å². The molecule has 0 aromatic carbocycles. The van der Waals surface area contributed by atoms with Crippen LogP contribution in [0.4, 0.5) is 5.95 Å². The molecule has 7 nitrogen and oxygen atoms in total. The molecule has 0 aliphatic carbocycles. The van der Waals surface area contributed by atoms with Crippen molar-refractivity contribution in [2.24, 2.45) is 5.92 Å². The van der Waals surface area contributed by atoms with Gasteiger partial charge in [-0.25, -0.2) is 4.98 Å². The van der Waals surface area contributed by atoms with Crippen LogP contribution < -0.4 is 10.9 Å². The zero-order valence-corrected chi connectivity index (χ0v) is 16.3. The maximum absolute atomic E-state index is 12.3. The predicted octanol–water partition coefficient (Wildman–Crippen LogP) is 2.74. The molecule has 9 heteroatoms. The average molecular weight is 395 g/mol. The van der Waals surface area contributed by atoms with Crippen molar-refractivity contribution in [3.05, 3.63) is 44.5 Å². The fourth-order valence-electron chi connectivity index (χ4n) is 3.12. The van der Waals surface area contributed by atoms with Crippen LogP contribution in [0.2, 0.25) is 0 Å². The van der Waals surface area contributed by atoms with Gasteiger partial charge in [0.15, 0.2) is 0 Å². The van der Waals surface area contributed by atoms with Crippen LogP contribution in [0, 0.1) is 5.92 Å². The van der Waals surface area contributed by atoms with Gasteiger partial charge < -0.3 is 5.32 Å². The molecule has 1 aliphatic heterocycles. The highest BCUT2D eigenvalue weighted by atomic mass is 35.5. The Bertz CT molecular complexity index is 898. The Hall–Kier alpha value is -1.90. The van der Waals surface area contributed by atoms with Crippen LogP contribution in [-0.4, -0.2) is 37.6 Å². The number of halogens is 1. The lowest BCUT2D eigenvalue weighted by atomic mass is 9.99. The third kappa shape index (κ3) is 4.25. The Morgan fingerprint density at radius 2 is 2.15 bits per heavy atom. The Labute approximate surface area is 161 Å². The van der Waals surface area contributed by atoms with Crippen molar-refractivity contribution in [3.8, 4) is 0 Å². The number of aromatic amines is 1. The van der Waals surface area contributed by atoms with E-state index in [1.54, 1.807) is 17.4 Å². The number of thiophene rings is 1. The van der Waals surface area contributed by atoms with Crippen molar-refractivity contribution in [3.63, 3.8) is 0 Å². The van der Waals surface area contributed by atoms with E-state index in [2.05, 4.69) is 38.3 Å². The number of H-pyrrole nitrogens is 1. The number of hydrogen-bond donors (Lipinski definition) is 2. The van der Waals surface area contributed by atoms with E-state index >= 15 is 0 Å². The molecule has 1 aliphatic rings. The first-order valence-electron chi connectivity index (χ1n) is 8.65. The molecule has 0 atom stereocenters. The monoisotopic (exact) mass is 394 g/mol. The normalized spacial score (nSPS) is 15.9. The van der Waals surface area contributed by atoms with Crippen molar-refractivity contribution in [1.82, 2.24) is 24.5 Å². The quantitative estimate of drug-likeness (QED) is 0.695. The second-order valence-corrected chi connectivity index (χ2v) is 7.72. The van der Waals surface area contributed by atoms with E-state index in [1.165, 1.54) is 22.2 Å². The number of nitrogens with zero attached hydrogens (tertiary/aromatic N) is 4. The molecular formula is C17H23ClN6OS. The van der Waals surface area contributed by atoms with E-state index in [0.29, 0.717) is 24.8 Å². The Morgan fingerprint density at radius 1 is 1.35 bits per heavy atom. The first kappa shape index (κ1) is 18.9. The molecule has 0 saturated carbocycles. The summed E-state index contributed by atoms with van der Waals surface area (Å²) >= 11 is 1.68. The second kappa shape index (κ2) is 8.20. The minimum atomic E-state index is -0.123. The predicted molar refractivity (Wildman–Crippen MR) is 106 cm³/mol. The van der Waals surface area contributed by atoms with E-state index in [4.69, 9.17) is 0 Å². The number of likely N-dealkylation sites (tertiary alicyclic amines) is 1. The lowest BCUT2D eigenvalue weighted by Gasteiger charge is -2.29. The minimum absolute atomic E-state index is 0. The summed E-state index contributed by atoms with van der Waals surface area (Å²) in [5.41, 5.74) is 0.665. The Balaban J connectivity index is 0.00000196. The summed E-state index contributed by atoms with van der Waals surface area (Å²) < 4.78 is 1.39. The number of anilines is 1. The molecule has 140 valence electrons. The van der Waals surface area contributed by atoms with E-state index in [9.17, 15) is 4.79 Å². The number of rotatable bonds is 5. The zero-order valence-electron chi connectivity index (χ0n) is 14.6. The number of fused-ring (bicyclic) bond motifs is 1. The van der Waals surface area contributed by atoms with Gasteiger partial charge in [0.05, 0.1) is 12.2 Å². The van der Waals surface area contributed by atoms with Crippen molar-refractivity contribution in [2.45, 2.75) is 32.9 Å². The van der Waals surface area contributed by atoms with Crippen LogP contribution in [0.3, 0.4) is 0 Å². The summed E-state index contributed by atoms with van der Waals surface area (Å²) in [4.78, 5) is 24.9. The molecule has 2 N–H and O–H groups in total. The van der Waals surface area contributed by atoms with Crippen LogP contribution in [0.15, 0.2) is 28.4 Å². The molecule has 3 aromatic rings. The van der Waals surface area contributed by atoms with Gasteiger partial charge in [-0.1, -0.05) is 13.0 Å². The van der Waals surface area contributed by atoms with Gasteiger partial charge in [0.25, 0.3) is 11.3 Å². The van der Waals surface area contributed by atoms with E-state index in [0.717, 1.165) is 24.7 Å². The topological polar surface area (TPSA) is 78.3 Å². The summed E-state index contributed by atoms with van der Waals surface area (Å²) in [6, 6.07) is 5.68. The first-order chi connectivity index (χ1) is 12.2. The molecular weight excluding hydrogens is 372 g/mol. The highest BCUT2D eigenvalue weighted by molar-refractivity contribution is 7.09. The number of hydrogen-bond acceptors (Lipinski definition) is 6. The van der Waals surface area contributed by atoms with E-state index in [-0.39, 0.29) is 18.0 Å². The first-order valence-corrected chi connectivity index (χ1v) is 9.52. The third-order valence-electron chi connectivity index (χ3n) is 4.66. The minimum Gasteiger partial charge on any atom is -0.350 e. The molecule has 1 saturated heterocycles. The lowest BCUT2D eigenvalue weighted by molar-refractivity contribution is 0.183. The van der Waals surface area contributed by atoms with Gasteiger partial charge in [0.2, 0.25) is 5.95 Å². The van der Waals surface area contributed by atoms with Crippen LogP contribution >= 0.6 is 23.7 Å². The molecule has 0 bridgehead atoms. The van der Waals surface area contributed by atoms with Gasteiger partial charge >= 0.3 is 0 Å². The summed E-state index contributed by atoms with van der Waals surface area (Å²) in [6.45, 7) is 5.81. The van der Waals surface area contributed by atoms with Gasteiger partial charge in [0.1, 0.15) is 0 Å². The number of aromatic nitrogens is 4. The van der Waals surface area contributed by atoms with Crippen molar-refractivity contribution < 1.29 is 0 Å². The lowest BCUT2D eigenvalue weighted by Crippen LogP contribution is -2.33. The van der Waals surface area contributed by atoms with E-state index < -0.39 is 0 Å². The van der Waals surface area contributed by atoms with Crippen LogP contribution in [-0.2, 0) is 13.1 Å². The van der Waals surface area contributed by atoms with Gasteiger partial charge in [-0.15, -0.1) is 23.7 Å². The molecule has 4 rings (SSSR count). The molecule has 0 unspecified atom stereocenters. The fourth-order valence-corrected chi connectivity index (χ4v) is 3.77. The molecule has 0 radical (unpaired) electrons. The largest absolute Gasteiger partial charge is 0.350 e. The second-order valence-electron chi connectivity index (χ2n) is 6.68. The maximum Gasteiger partial charge on any atom is 0.274 e. The highest BCUT2D eigenvalue weighted by Crippen LogP contribution is 2.17. The Kier molecular flexibility index (Phi) is 5.95. The molecule has 4 heterocycles. The third-order valence-corrected chi connectivity index (χ3v) is 5.53.